The Morgan fingerprint density at radius 3 is 2.74 bits per heavy atom. The number of nitrogens with two attached hydrogens (primary N) is 1. The zero-order valence-corrected chi connectivity index (χ0v) is 17.9. The molecule has 0 saturated heterocycles. The second kappa shape index (κ2) is 9.26. The first-order chi connectivity index (χ1) is 13.0. The first-order valence-electron chi connectivity index (χ1n) is 9.54. The number of fused-ring (bicyclic) bond motifs is 1. The lowest BCUT2D eigenvalue weighted by Gasteiger charge is -2.24. The maximum absolute atomic E-state index is 10.5. The molecule has 0 aliphatic carbocycles. The molecular weight excluding hydrogens is 374 g/mol. The first-order valence-corrected chi connectivity index (χ1v) is 11.5. The van der Waals surface area contributed by atoms with Crippen molar-refractivity contribution in [1.82, 2.24) is 0 Å². The van der Waals surface area contributed by atoms with Gasteiger partial charge in [-0.2, -0.15) is 0 Å². The summed E-state index contributed by atoms with van der Waals surface area (Å²) in [6, 6.07) is 14.2. The van der Waals surface area contributed by atoms with Crippen molar-refractivity contribution in [3.05, 3.63) is 48.0 Å². The standard InChI is InChI=1S/C22H29NO2S2/c1-14(2)17-7-6-10-20(21(17)24)26-12-15(3)11-16-13-27-19-9-5-4-8-18(19)25-22(16)23/h4-10,14-16,22,24H,11-13,23H2,1-3H3/t15?,16-,22-/m0/s1. The van der Waals surface area contributed by atoms with Gasteiger partial charge in [-0.1, -0.05) is 45.0 Å². The van der Waals surface area contributed by atoms with Crippen LogP contribution in [-0.2, 0) is 0 Å². The fourth-order valence-electron chi connectivity index (χ4n) is 3.34. The third-order valence-electron chi connectivity index (χ3n) is 4.91. The highest BCUT2D eigenvalue weighted by Gasteiger charge is 2.26. The van der Waals surface area contributed by atoms with Crippen molar-refractivity contribution in [3.8, 4) is 11.5 Å². The molecule has 0 aromatic heterocycles. The summed E-state index contributed by atoms with van der Waals surface area (Å²) in [5.41, 5.74) is 7.36. The van der Waals surface area contributed by atoms with E-state index in [0.717, 1.165) is 34.1 Å². The number of hydrogen-bond donors (Lipinski definition) is 2. The van der Waals surface area contributed by atoms with Crippen LogP contribution < -0.4 is 10.5 Å². The molecule has 0 radical (unpaired) electrons. The van der Waals surface area contributed by atoms with Crippen LogP contribution in [-0.4, -0.2) is 22.8 Å². The SMILES string of the molecule is CC(CSc1cccc(C(C)C)c1O)C[C@H]1CSc2ccccc2O[C@@H]1N. The number of hydrogen-bond acceptors (Lipinski definition) is 5. The van der Waals surface area contributed by atoms with E-state index in [9.17, 15) is 5.11 Å². The topological polar surface area (TPSA) is 55.5 Å². The van der Waals surface area contributed by atoms with Gasteiger partial charge < -0.3 is 9.84 Å². The smallest absolute Gasteiger partial charge is 0.151 e. The summed E-state index contributed by atoms with van der Waals surface area (Å²) in [7, 11) is 0. The minimum Gasteiger partial charge on any atom is -0.506 e. The highest BCUT2D eigenvalue weighted by Crippen LogP contribution is 2.39. The van der Waals surface area contributed by atoms with E-state index in [0.29, 0.717) is 23.5 Å². The monoisotopic (exact) mass is 403 g/mol. The van der Waals surface area contributed by atoms with Gasteiger partial charge in [-0.3, -0.25) is 5.73 Å². The number of thioether (sulfide) groups is 2. The Balaban J connectivity index is 1.57. The molecule has 1 heterocycles. The molecule has 3 rings (SSSR count). The Morgan fingerprint density at radius 1 is 1.19 bits per heavy atom. The van der Waals surface area contributed by atoms with Gasteiger partial charge in [0, 0.05) is 27.2 Å². The Kier molecular flexibility index (Phi) is 7.01. The van der Waals surface area contributed by atoms with Crippen LogP contribution in [0.25, 0.3) is 0 Å². The molecule has 1 aliphatic heterocycles. The van der Waals surface area contributed by atoms with Gasteiger partial charge in [0.15, 0.2) is 6.23 Å². The average molecular weight is 404 g/mol. The lowest BCUT2D eigenvalue weighted by Crippen LogP contribution is -2.37. The minimum atomic E-state index is -0.272. The maximum atomic E-state index is 10.5. The quantitative estimate of drug-likeness (QED) is 0.604. The van der Waals surface area contributed by atoms with E-state index < -0.39 is 0 Å². The van der Waals surface area contributed by atoms with Crippen LogP contribution in [0.4, 0.5) is 0 Å². The molecule has 5 heteroatoms. The number of para-hydroxylation sites is 2. The normalized spacial score (nSPS) is 20.6. The number of phenols is 1. The van der Waals surface area contributed by atoms with Crippen LogP contribution in [0.1, 0.15) is 38.7 Å². The minimum absolute atomic E-state index is 0.272. The summed E-state index contributed by atoms with van der Waals surface area (Å²) in [5, 5.41) is 10.5. The Morgan fingerprint density at radius 2 is 1.96 bits per heavy atom. The van der Waals surface area contributed by atoms with Crippen molar-refractivity contribution < 1.29 is 9.84 Å². The Bertz CT molecular complexity index is 766. The molecule has 2 aromatic rings. The van der Waals surface area contributed by atoms with Crippen molar-refractivity contribution in [2.24, 2.45) is 17.6 Å². The van der Waals surface area contributed by atoms with Gasteiger partial charge in [0.05, 0.1) is 0 Å². The van der Waals surface area contributed by atoms with Crippen LogP contribution in [0.3, 0.4) is 0 Å². The lowest BCUT2D eigenvalue weighted by atomic mass is 9.97. The lowest BCUT2D eigenvalue weighted by molar-refractivity contribution is 0.138. The zero-order chi connectivity index (χ0) is 19.4. The van der Waals surface area contributed by atoms with E-state index in [-0.39, 0.29) is 6.23 Å². The average Bonchev–Trinajstić information content (AvgIpc) is 2.79. The molecular formula is C22H29NO2S2. The molecule has 2 aromatic carbocycles. The number of phenolic OH excluding ortho intramolecular Hbond substituents is 1. The molecule has 1 aliphatic rings. The maximum Gasteiger partial charge on any atom is 0.151 e. The summed E-state index contributed by atoms with van der Waals surface area (Å²) in [6.45, 7) is 6.47. The van der Waals surface area contributed by atoms with Gasteiger partial charge in [0.2, 0.25) is 0 Å². The molecule has 0 saturated carbocycles. The fourth-order valence-corrected chi connectivity index (χ4v) is 5.52. The molecule has 0 spiro atoms. The second-order valence-corrected chi connectivity index (χ2v) is 9.72. The summed E-state index contributed by atoms with van der Waals surface area (Å²) in [4.78, 5) is 2.14. The van der Waals surface area contributed by atoms with E-state index in [1.54, 1.807) is 11.8 Å². The van der Waals surface area contributed by atoms with Gasteiger partial charge in [-0.25, -0.2) is 0 Å². The molecule has 27 heavy (non-hydrogen) atoms. The predicted molar refractivity (Wildman–Crippen MR) is 116 cm³/mol. The van der Waals surface area contributed by atoms with Crippen molar-refractivity contribution in [2.45, 2.75) is 49.1 Å². The van der Waals surface area contributed by atoms with Crippen molar-refractivity contribution in [2.75, 3.05) is 11.5 Å². The number of aromatic hydroxyl groups is 1. The van der Waals surface area contributed by atoms with Crippen molar-refractivity contribution >= 4 is 23.5 Å². The van der Waals surface area contributed by atoms with E-state index >= 15 is 0 Å². The molecule has 0 fully saturated rings. The second-order valence-electron chi connectivity index (χ2n) is 7.60. The molecule has 3 nitrogen and oxygen atoms in total. The van der Waals surface area contributed by atoms with Gasteiger partial charge in [0.25, 0.3) is 0 Å². The third kappa shape index (κ3) is 5.15. The van der Waals surface area contributed by atoms with Crippen LogP contribution in [0.5, 0.6) is 11.5 Å². The number of benzene rings is 2. The summed E-state index contributed by atoms with van der Waals surface area (Å²) < 4.78 is 6.00. The highest BCUT2D eigenvalue weighted by molar-refractivity contribution is 7.99. The number of rotatable bonds is 6. The van der Waals surface area contributed by atoms with E-state index in [4.69, 9.17) is 10.5 Å². The van der Waals surface area contributed by atoms with E-state index in [1.807, 2.05) is 48.2 Å². The van der Waals surface area contributed by atoms with Crippen LogP contribution >= 0.6 is 23.5 Å². The molecule has 1 unspecified atom stereocenters. The number of ether oxygens (including phenoxy) is 1. The Hall–Kier alpha value is -1.30. The highest BCUT2D eigenvalue weighted by atomic mass is 32.2. The van der Waals surface area contributed by atoms with E-state index in [2.05, 4.69) is 26.8 Å². The van der Waals surface area contributed by atoms with Gasteiger partial charge in [-0.05, 0) is 42.0 Å². The van der Waals surface area contributed by atoms with Crippen LogP contribution in [0, 0.1) is 11.8 Å². The van der Waals surface area contributed by atoms with Crippen LogP contribution in [0.15, 0.2) is 52.3 Å². The van der Waals surface area contributed by atoms with Gasteiger partial charge >= 0.3 is 0 Å². The van der Waals surface area contributed by atoms with E-state index in [1.165, 1.54) is 4.90 Å². The van der Waals surface area contributed by atoms with Crippen LogP contribution in [0.2, 0.25) is 0 Å². The van der Waals surface area contributed by atoms with Crippen molar-refractivity contribution in [1.29, 1.82) is 0 Å². The summed E-state index contributed by atoms with van der Waals surface area (Å²) >= 11 is 3.56. The largest absolute Gasteiger partial charge is 0.506 e. The third-order valence-corrected chi connectivity index (χ3v) is 7.53. The molecule has 146 valence electrons. The molecule has 3 N–H and O–H groups in total. The molecule has 0 bridgehead atoms. The first kappa shape index (κ1) is 20.4. The predicted octanol–water partition coefficient (Wildman–Crippen LogP) is 5.72. The summed E-state index contributed by atoms with van der Waals surface area (Å²) in [5.74, 6) is 4.38. The summed E-state index contributed by atoms with van der Waals surface area (Å²) in [6.07, 6.45) is 0.742. The Labute approximate surface area is 171 Å². The van der Waals surface area contributed by atoms with Gasteiger partial charge in [-0.15, -0.1) is 23.5 Å². The molecule has 3 atom stereocenters. The zero-order valence-electron chi connectivity index (χ0n) is 16.2. The van der Waals surface area contributed by atoms with Gasteiger partial charge in [0.1, 0.15) is 11.5 Å². The fraction of sp³-hybridized carbons (Fsp3) is 0.455. The van der Waals surface area contributed by atoms with Crippen molar-refractivity contribution in [3.63, 3.8) is 0 Å². The molecule has 0 amide bonds.